The van der Waals surface area contributed by atoms with E-state index in [2.05, 4.69) is 25.1 Å². The summed E-state index contributed by atoms with van der Waals surface area (Å²) in [5, 5.41) is 3.87. The molecule has 180 valence electrons. The maximum absolute atomic E-state index is 14.2. The van der Waals surface area contributed by atoms with Crippen LogP contribution in [0.4, 0.5) is 21.6 Å². The Hall–Kier alpha value is -3.72. The topological polar surface area (TPSA) is 70.6 Å². The Morgan fingerprint density at radius 1 is 1.06 bits per heavy atom. The van der Waals surface area contributed by atoms with Crippen LogP contribution in [0.1, 0.15) is 22.2 Å². The number of fused-ring (bicyclic) bond motifs is 1. The molecule has 35 heavy (non-hydrogen) atoms. The number of benzene rings is 2. The van der Waals surface area contributed by atoms with E-state index in [1.165, 1.54) is 17.4 Å². The van der Waals surface area contributed by atoms with Gasteiger partial charge in [-0.05, 0) is 43.7 Å². The number of amides is 1. The number of aryl methyl sites for hydroxylation is 1. The van der Waals surface area contributed by atoms with Gasteiger partial charge in [-0.25, -0.2) is 14.4 Å². The van der Waals surface area contributed by atoms with E-state index in [0.29, 0.717) is 54.8 Å². The minimum absolute atomic E-state index is 0.201. The Balaban J connectivity index is 1.39. The van der Waals surface area contributed by atoms with Crippen molar-refractivity contribution in [1.29, 1.82) is 0 Å². The van der Waals surface area contributed by atoms with Gasteiger partial charge in [0.25, 0.3) is 5.91 Å². The van der Waals surface area contributed by atoms with E-state index in [4.69, 9.17) is 4.74 Å². The van der Waals surface area contributed by atoms with Crippen molar-refractivity contribution in [3.63, 3.8) is 0 Å². The van der Waals surface area contributed by atoms with Crippen molar-refractivity contribution < 1.29 is 13.9 Å². The number of piperazine rings is 1. The predicted octanol–water partition coefficient (Wildman–Crippen LogP) is 5.12. The van der Waals surface area contributed by atoms with Crippen LogP contribution >= 0.6 is 11.3 Å². The molecule has 1 N–H and O–H groups in total. The van der Waals surface area contributed by atoms with Gasteiger partial charge >= 0.3 is 0 Å². The van der Waals surface area contributed by atoms with Crippen molar-refractivity contribution in [2.75, 3.05) is 47.9 Å². The monoisotopic (exact) mass is 491 g/mol. The molecule has 4 aromatic rings. The first-order valence-corrected chi connectivity index (χ1v) is 12.4. The second-order valence-corrected chi connectivity index (χ2v) is 9.24. The molecular weight excluding hydrogens is 465 g/mol. The van der Waals surface area contributed by atoms with Crippen LogP contribution in [-0.2, 0) is 0 Å². The molecule has 1 saturated heterocycles. The van der Waals surface area contributed by atoms with Crippen molar-refractivity contribution >= 4 is 44.7 Å². The Kier molecular flexibility index (Phi) is 6.50. The zero-order valence-corrected chi connectivity index (χ0v) is 20.4. The molecule has 3 heterocycles. The zero-order valence-electron chi connectivity index (χ0n) is 19.6. The molecule has 0 radical (unpaired) electrons. The number of nitrogens with zero attached hydrogens (tertiary/aromatic N) is 4. The third-order valence-electron chi connectivity index (χ3n) is 6.12. The fraction of sp³-hybridized carbons (Fsp3) is 0.269. The number of hydrogen-bond donors (Lipinski definition) is 1. The van der Waals surface area contributed by atoms with Gasteiger partial charge in [-0.15, -0.1) is 11.3 Å². The third kappa shape index (κ3) is 4.51. The first-order chi connectivity index (χ1) is 17.1. The fourth-order valence-electron chi connectivity index (χ4n) is 4.41. The molecule has 0 atom stereocenters. The summed E-state index contributed by atoms with van der Waals surface area (Å²) in [6.07, 6.45) is 1.54. The summed E-state index contributed by atoms with van der Waals surface area (Å²) in [5.74, 6) is 1.04. The van der Waals surface area contributed by atoms with Crippen LogP contribution in [0.15, 0.2) is 54.9 Å². The molecule has 1 fully saturated rings. The van der Waals surface area contributed by atoms with Gasteiger partial charge in [0.05, 0.1) is 28.2 Å². The molecule has 0 bridgehead atoms. The van der Waals surface area contributed by atoms with Crippen molar-refractivity contribution in [2.45, 2.75) is 13.8 Å². The normalized spacial score (nSPS) is 13.8. The largest absolute Gasteiger partial charge is 0.492 e. The number of halogens is 1. The summed E-state index contributed by atoms with van der Waals surface area (Å²) < 4.78 is 19.9. The van der Waals surface area contributed by atoms with Crippen LogP contribution < -0.4 is 19.9 Å². The molecule has 1 aliphatic heterocycles. The molecule has 1 amide bonds. The first kappa shape index (κ1) is 23.0. The van der Waals surface area contributed by atoms with Gasteiger partial charge in [-0.3, -0.25) is 4.79 Å². The lowest BCUT2D eigenvalue weighted by atomic mass is 10.1. The molecule has 2 aromatic carbocycles. The Morgan fingerprint density at radius 3 is 2.54 bits per heavy atom. The number of thiophene rings is 1. The fourth-order valence-corrected chi connectivity index (χ4v) is 5.45. The SMILES string of the molecule is CCOc1ccccc1NC(=O)c1sc2ncnc(N3CCN(c4ccccc4F)CC3)c2c1C. The highest BCUT2D eigenvalue weighted by Gasteiger charge is 2.25. The van der Waals surface area contributed by atoms with Gasteiger partial charge < -0.3 is 19.9 Å². The van der Waals surface area contributed by atoms with E-state index in [1.54, 1.807) is 12.4 Å². The van der Waals surface area contributed by atoms with Crippen molar-refractivity contribution in [3.05, 3.63) is 71.1 Å². The second kappa shape index (κ2) is 9.87. The van der Waals surface area contributed by atoms with E-state index < -0.39 is 0 Å². The van der Waals surface area contributed by atoms with Crippen LogP contribution in [-0.4, -0.2) is 48.7 Å². The molecule has 0 unspecified atom stereocenters. The standard InChI is InChI=1S/C26H26FN5O2S/c1-3-34-21-11-7-5-9-19(21)30-25(33)23-17(2)22-24(28-16-29-26(22)35-23)32-14-12-31(13-15-32)20-10-6-4-8-18(20)27/h4-11,16H,3,12-15H2,1-2H3,(H,30,33). The number of carbonyl (C=O) groups is 1. The Bertz CT molecular complexity index is 1370. The van der Waals surface area contributed by atoms with Crippen molar-refractivity contribution in [2.24, 2.45) is 0 Å². The molecule has 7 nitrogen and oxygen atoms in total. The van der Waals surface area contributed by atoms with E-state index in [9.17, 15) is 9.18 Å². The van der Waals surface area contributed by atoms with Crippen molar-refractivity contribution in [1.82, 2.24) is 9.97 Å². The van der Waals surface area contributed by atoms with Crippen LogP contribution in [0.3, 0.4) is 0 Å². The summed E-state index contributed by atoms with van der Waals surface area (Å²) >= 11 is 1.36. The number of aromatic nitrogens is 2. The molecule has 5 rings (SSSR count). The minimum Gasteiger partial charge on any atom is -0.492 e. The summed E-state index contributed by atoms with van der Waals surface area (Å²) in [7, 11) is 0. The lowest BCUT2D eigenvalue weighted by Crippen LogP contribution is -2.47. The predicted molar refractivity (Wildman–Crippen MR) is 139 cm³/mol. The van der Waals surface area contributed by atoms with E-state index in [1.807, 2.05) is 50.2 Å². The van der Waals surface area contributed by atoms with E-state index in [0.717, 1.165) is 21.6 Å². The lowest BCUT2D eigenvalue weighted by molar-refractivity contribution is 0.102. The van der Waals surface area contributed by atoms with Gasteiger partial charge in [-0.2, -0.15) is 0 Å². The van der Waals surface area contributed by atoms with E-state index in [-0.39, 0.29) is 11.7 Å². The minimum atomic E-state index is -0.208. The average molecular weight is 492 g/mol. The van der Waals surface area contributed by atoms with Gasteiger partial charge in [0.15, 0.2) is 0 Å². The lowest BCUT2D eigenvalue weighted by Gasteiger charge is -2.37. The molecule has 9 heteroatoms. The summed E-state index contributed by atoms with van der Waals surface area (Å²) in [6, 6.07) is 14.3. The first-order valence-electron chi connectivity index (χ1n) is 11.6. The molecule has 0 spiro atoms. The maximum atomic E-state index is 14.2. The van der Waals surface area contributed by atoms with Crippen molar-refractivity contribution in [3.8, 4) is 5.75 Å². The van der Waals surface area contributed by atoms with Gasteiger partial charge in [-0.1, -0.05) is 24.3 Å². The zero-order chi connectivity index (χ0) is 24.4. The van der Waals surface area contributed by atoms with E-state index >= 15 is 0 Å². The Labute approximate surface area is 207 Å². The van der Waals surface area contributed by atoms with Gasteiger partial charge in [0.2, 0.25) is 0 Å². The highest BCUT2D eigenvalue weighted by molar-refractivity contribution is 7.20. The van der Waals surface area contributed by atoms with Crippen LogP contribution in [0.25, 0.3) is 10.2 Å². The maximum Gasteiger partial charge on any atom is 0.266 e. The highest BCUT2D eigenvalue weighted by atomic mass is 32.1. The van der Waals surface area contributed by atoms with Gasteiger partial charge in [0.1, 0.15) is 28.5 Å². The smallest absolute Gasteiger partial charge is 0.266 e. The summed E-state index contributed by atoms with van der Waals surface area (Å²) in [5.41, 5.74) is 2.10. The van der Waals surface area contributed by atoms with Crippen LogP contribution in [0, 0.1) is 12.7 Å². The summed E-state index contributed by atoms with van der Waals surface area (Å²) in [6.45, 7) is 7.10. The average Bonchev–Trinajstić information content (AvgIpc) is 3.23. The Morgan fingerprint density at radius 2 is 1.77 bits per heavy atom. The number of ether oxygens (including phenoxy) is 1. The third-order valence-corrected chi connectivity index (χ3v) is 7.32. The summed E-state index contributed by atoms with van der Waals surface area (Å²) in [4.78, 5) is 27.9. The van der Waals surface area contributed by atoms with Crippen LogP contribution in [0.2, 0.25) is 0 Å². The van der Waals surface area contributed by atoms with Gasteiger partial charge in [0, 0.05) is 26.2 Å². The number of rotatable bonds is 6. The number of nitrogens with one attached hydrogen (secondary N) is 1. The molecule has 1 aliphatic rings. The number of carbonyl (C=O) groups excluding carboxylic acids is 1. The quantitative estimate of drug-likeness (QED) is 0.404. The molecule has 0 aliphatic carbocycles. The highest BCUT2D eigenvalue weighted by Crippen LogP contribution is 2.36. The number of hydrogen-bond acceptors (Lipinski definition) is 7. The number of anilines is 3. The number of para-hydroxylation sites is 3. The second-order valence-electron chi connectivity index (χ2n) is 8.24. The molecule has 2 aromatic heterocycles. The van der Waals surface area contributed by atoms with Crippen LogP contribution in [0.5, 0.6) is 5.75 Å². The molecule has 0 saturated carbocycles. The molecular formula is C26H26FN5O2S.